The van der Waals surface area contributed by atoms with Crippen LogP contribution in [0.3, 0.4) is 0 Å². The van der Waals surface area contributed by atoms with Crippen LogP contribution in [0.4, 0.5) is 10.1 Å². The number of carbonyl (C=O) groups excluding carboxylic acids is 2. The highest BCUT2D eigenvalue weighted by molar-refractivity contribution is 7.89. The molecule has 1 aliphatic heterocycles. The molecule has 0 aliphatic carbocycles. The maximum atomic E-state index is 12.9. The van der Waals surface area contributed by atoms with Crippen molar-refractivity contribution < 1.29 is 22.4 Å². The molecule has 2 aromatic carbocycles. The second kappa shape index (κ2) is 8.93. The molecule has 2 aromatic rings. The van der Waals surface area contributed by atoms with Crippen molar-refractivity contribution in [1.29, 1.82) is 0 Å². The number of amides is 2. The van der Waals surface area contributed by atoms with Gasteiger partial charge in [-0.05, 0) is 54.8 Å². The van der Waals surface area contributed by atoms with Gasteiger partial charge in [0.05, 0.1) is 4.90 Å². The molecule has 9 heteroatoms. The number of nitrogens with zero attached hydrogens (tertiary/aromatic N) is 1. The Balaban J connectivity index is 1.54. The Morgan fingerprint density at radius 1 is 1.17 bits per heavy atom. The molecule has 160 valence electrons. The maximum Gasteiger partial charge on any atom is 0.240 e. The Morgan fingerprint density at radius 3 is 2.53 bits per heavy atom. The van der Waals surface area contributed by atoms with E-state index < -0.39 is 10.0 Å². The number of halogens is 1. The summed E-state index contributed by atoms with van der Waals surface area (Å²) < 4.78 is 40.4. The Hall–Kier alpha value is -2.78. The number of nitrogens with one attached hydrogen (secondary N) is 2. The monoisotopic (exact) mass is 433 g/mol. The summed E-state index contributed by atoms with van der Waals surface area (Å²) in [4.78, 5) is 25.5. The molecule has 0 unspecified atom stereocenters. The van der Waals surface area contributed by atoms with Crippen LogP contribution in [0.15, 0.2) is 47.4 Å². The molecule has 0 bridgehead atoms. The molecule has 1 aliphatic rings. The lowest BCUT2D eigenvalue weighted by molar-refractivity contribution is -0.121. The van der Waals surface area contributed by atoms with Crippen LogP contribution in [0.1, 0.15) is 31.4 Å². The Morgan fingerprint density at radius 2 is 1.87 bits per heavy atom. The van der Waals surface area contributed by atoms with E-state index in [1.54, 1.807) is 29.2 Å². The van der Waals surface area contributed by atoms with E-state index in [9.17, 15) is 22.4 Å². The van der Waals surface area contributed by atoms with Crippen molar-refractivity contribution in [3.63, 3.8) is 0 Å². The van der Waals surface area contributed by atoms with Crippen molar-refractivity contribution in [3.05, 3.63) is 59.4 Å². The fraction of sp³-hybridized carbons (Fsp3) is 0.333. The topological polar surface area (TPSA) is 95.6 Å². The first-order valence-electron chi connectivity index (χ1n) is 9.61. The molecule has 3 rings (SSSR count). The van der Waals surface area contributed by atoms with Gasteiger partial charge in [-0.25, -0.2) is 17.5 Å². The van der Waals surface area contributed by atoms with Gasteiger partial charge in [0, 0.05) is 38.2 Å². The summed E-state index contributed by atoms with van der Waals surface area (Å²) in [7, 11) is -3.78. The van der Waals surface area contributed by atoms with Crippen LogP contribution in [-0.2, 0) is 32.6 Å². The van der Waals surface area contributed by atoms with Crippen LogP contribution < -0.4 is 14.9 Å². The lowest BCUT2D eigenvalue weighted by atomic mass is 10.1. The van der Waals surface area contributed by atoms with E-state index in [2.05, 4.69) is 10.0 Å². The summed E-state index contributed by atoms with van der Waals surface area (Å²) in [5, 5.41) is 2.67. The molecule has 0 spiro atoms. The van der Waals surface area contributed by atoms with Gasteiger partial charge in [-0.2, -0.15) is 0 Å². The molecule has 1 atom stereocenters. The number of sulfonamides is 1. The minimum atomic E-state index is -3.78. The molecule has 1 heterocycles. The predicted octanol–water partition coefficient (Wildman–Crippen LogP) is 2.11. The second-order valence-electron chi connectivity index (χ2n) is 7.28. The van der Waals surface area contributed by atoms with Crippen molar-refractivity contribution in [1.82, 2.24) is 10.0 Å². The van der Waals surface area contributed by atoms with Gasteiger partial charge >= 0.3 is 0 Å². The van der Waals surface area contributed by atoms with Gasteiger partial charge in [0.2, 0.25) is 21.8 Å². The molecule has 0 fully saturated rings. The van der Waals surface area contributed by atoms with Crippen molar-refractivity contribution in [2.24, 2.45) is 0 Å². The summed E-state index contributed by atoms with van der Waals surface area (Å²) in [6, 6.07) is 10.4. The van der Waals surface area contributed by atoms with Crippen LogP contribution in [0, 0.1) is 5.82 Å². The zero-order valence-electron chi connectivity index (χ0n) is 16.8. The van der Waals surface area contributed by atoms with E-state index in [-0.39, 0.29) is 48.1 Å². The third-order valence-electron chi connectivity index (χ3n) is 4.96. The molecule has 0 saturated carbocycles. The highest BCUT2D eigenvalue weighted by Gasteiger charge is 2.30. The van der Waals surface area contributed by atoms with E-state index in [1.165, 1.54) is 25.1 Å². The van der Waals surface area contributed by atoms with Crippen molar-refractivity contribution >= 4 is 27.5 Å². The predicted molar refractivity (Wildman–Crippen MR) is 111 cm³/mol. The lowest BCUT2D eigenvalue weighted by Crippen LogP contribution is -2.33. The number of hydrogen-bond donors (Lipinski definition) is 2. The summed E-state index contributed by atoms with van der Waals surface area (Å²) in [5.41, 5.74) is 2.28. The molecular weight excluding hydrogens is 409 g/mol. The van der Waals surface area contributed by atoms with Gasteiger partial charge in [-0.1, -0.05) is 12.1 Å². The Bertz CT molecular complexity index is 1050. The summed E-state index contributed by atoms with van der Waals surface area (Å²) in [6.07, 6.45) is 0.560. The summed E-state index contributed by atoms with van der Waals surface area (Å²) in [6.45, 7) is 3.59. The van der Waals surface area contributed by atoms with Crippen LogP contribution in [0.5, 0.6) is 0 Å². The van der Waals surface area contributed by atoms with Crippen molar-refractivity contribution in [2.45, 2.75) is 44.2 Å². The van der Waals surface area contributed by atoms with Gasteiger partial charge in [0.1, 0.15) is 5.82 Å². The SMILES string of the molecule is CC(=O)N1c2ccc(S(=O)(=O)NCCC(=O)NCc3ccc(F)cc3)cc2C[C@H]1C. The van der Waals surface area contributed by atoms with Crippen LogP contribution >= 0.6 is 0 Å². The standard InChI is InChI=1S/C21H24FN3O4S/c1-14-11-17-12-19(7-8-20(17)25(14)15(2)26)30(28,29)24-10-9-21(27)23-13-16-3-5-18(22)6-4-16/h3-8,12,14,24H,9-11,13H2,1-2H3,(H,23,27)/t14-/m1/s1. The molecule has 0 radical (unpaired) electrons. The Kier molecular flexibility index (Phi) is 6.52. The zero-order valence-corrected chi connectivity index (χ0v) is 17.6. The second-order valence-corrected chi connectivity index (χ2v) is 9.05. The van der Waals surface area contributed by atoms with E-state index in [0.29, 0.717) is 6.42 Å². The van der Waals surface area contributed by atoms with Crippen molar-refractivity contribution in [2.75, 3.05) is 11.4 Å². The molecule has 30 heavy (non-hydrogen) atoms. The van der Waals surface area contributed by atoms with Gasteiger partial charge in [0.15, 0.2) is 0 Å². The van der Waals surface area contributed by atoms with Crippen LogP contribution in [0.25, 0.3) is 0 Å². The number of fused-ring (bicyclic) bond motifs is 1. The van der Waals surface area contributed by atoms with Crippen LogP contribution in [0.2, 0.25) is 0 Å². The van der Waals surface area contributed by atoms with Gasteiger partial charge < -0.3 is 10.2 Å². The van der Waals surface area contributed by atoms with Gasteiger partial charge in [-0.15, -0.1) is 0 Å². The average molecular weight is 434 g/mol. The third kappa shape index (κ3) is 5.03. The number of hydrogen-bond acceptors (Lipinski definition) is 4. The lowest BCUT2D eigenvalue weighted by Gasteiger charge is -2.20. The molecule has 2 amide bonds. The van der Waals surface area contributed by atoms with Crippen molar-refractivity contribution in [3.8, 4) is 0 Å². The largest absolute Gasteiger partial charge is 0.352 e. The minimum absolute atomic E-state index is 0.0202. The normalized spacial score (nSPS) is 15.7. The number of anilines is 1. The third-order valence-corrected chi connectivity index (χ3v) is 6.42. The average Bonchev–Trinajstić information content (AvgIpc) is 3.02. The first-order valence-corrected chi connectivity index (χ1v) is 11.1. The molecule has 0 aromatic heterocycles. The van der Waals surface area contributed by atoms with E-state index in [0.717, 1.165) is 16.8 Å². The minimum Gasteiger partial charge on any atom is -0.352 e. The van der Waals surface area contributed by atoms with Gasteiger partial charge in [-0.3, -0.25) is 9.59 Å². The Labute approximate surface area is 175 Å². The zero-order chi connectivity index (χ0) is 21.9. The number of benzene rings is 2. The maximum absolute atomic E-state index is 12.9. The van der Waals surface area contributed by atoms with Crippen LogP contribution in [-0.4, -0.2) is 32.8 Å². The molecule has 2 N–H and O–H groups in total. The molecule has 0 saturated heterocycles. The van der Waals surface area contributed by atoms with E-state index in [1.807, 2.05) is 6.92 Å². The highest BCUT2D eigenvalue weighted by atomic mass is 32.2. The fourth-order valence-electron chi connectivity index (χ4n) is 3.53. The molecule has 7 nitrogen and oxygen atoms in total. The fourth-order valence-corrected chi connectivity index (χ4v) is 4.61. The quantitative estimate of drug-likeness (QED) is 0.699. The summed E-state index contributed by atoms with van der Waals surface area (Å²) in [5.74, 6) is -0.752. The van der Waals surface area contributed by atoms with E-state index in [4.69, 9.17) is 0 Å². The number of carbonyl (C=O) groups is 2. The number of rotatable bonds is 7. The first kappa shape index (κ1) is 21.9. The van der Waals surface area contributed by atoms with E-state index >= 15 is 0 Å². The first-order chi connectivity index (χ1) is 14.2. The smallest absolute Gasteiger partial charge is 0.240 e. The highest BCUT2D eigenvalue weighted by Crippen LogP contribution is 2.33. The summed E-state index contributed by atoms with van der Waals surface area (Å²) >= 11 is 0. The van der Waals surface area contributed by atoms with Gasteiger partial charge in [0.25, 0.3) is 0 Å². The molecular formula is C21H24FN3O4S.